The zero-order chi connectivity index (χ0) is 29.9. The summed E-state index contributed by atoms with van der Waals surface area (Å²) in [7, 11) is 3.12. The van der Waals surface area contributed by atoms with E-state index in [-0.39, 0.29) is 0 Å². The van der Waals surface area contributed by atoms with Gasteiger partial charge in [0.15, 0.2) is 12.2 Å². The van der Waals surface area contributed by atoms with Crippen LogP contribution >= 0.6 is 0 Å². The van der Waals surface area contributed by atoms with Crippen molar-refractivity contribution in [3.05, 3.63) is 143 Å². The molecule has 0 bridgehead atoms. The highest BCUT2D eigenvalue weighted by atomic mass is 16.6. The topological polar surface area (TPSA) is 71.1 Å². The zero-order valence-corrected chi connectivity index (χ0v) is 24.2. The molecule has 0 aliphatic rings. The molecule has 6 nitrogen and oxygen atoms in total. The smallest absolute Gasteiger partial charge is 0.338 e. The number of rotatable bonds is 11. The van der Waals surface area contributed by atoms with E-state index in [1.807, 2.05) is 86.7 Å². The molecule has 0 saturated heterocycles. The van der Waals surface area contributed by atoms with Gasteiger partial charge in [-0.2, -0.15) is 0 Å². The molecule has 4 aromatic rings. The van der Waals surface area contributed by atoms with Gasteiger partial charge < -0.3 is 18.9 Å². The number of ether oxygens (including phenoxy) is 4. The van der Waals surface area contributed by atoms with E-state index in [4.69, 9.17) is 18.9 Å². The molecule has 0 amide bonds. The second kappa shape index (κ2) is 14.5. The Morgan fingerprint density at radius 1 is 0.524 bits per heavy atom. The lowest BCUT2D eigenvalue weighted by Gasteiger charge is -2.28. The molecule has 6 heteroatoms. The second-order valence-corrected chi connectivity index (χ2v) is 9.44. The molecule has 0 aromatic heterocycles. The Balaban J connectivity index is 1.77. The maximum atomic E-state index is 13.5. The van der Waals surface area contributed by atoms with Crippen LogP contribution in [0.25, 0.3) is 12.2 Å². The molecule has 4 aromatic carbocycles. The molecule has 2 atom stereocenters. The SMILES string of the molecule is C/C=C/c1ccc(C(OC(=O)c2ccc(OC)cc2)C(OC(=O)c2ccc(OC)cc2)c2ccc(/C=C/C)cc2)cc1. The van der Waals surface area contributed by atoms with Crippen LogP contribution in [0.5, 0.6) is 11.5 Å². The summed E-state index contributed by atoms with van der Waals surface area (Å²) in [5.41, 5.74) is 4.02. The molecule has 4 rings (SSSR count). The highest BCUT2D eigenvalue weighted by molar-refractivity contribution is 5.90. The van der Waals surface area contributed by atoms with Crippen molar-refractivity contribution in [1.29, 1.82) is 0 Å². The predicted octanol–water partition coefficient (Wildman–Crippen LogP) is 8.27. The van der Waals surface area contributed by atoms with Crippen molar-refractivity contribution in [3.63, 3.8) is 0 Å². The van der Waals surface area contributed by atoms with E-state index in [0.717, 1.165) is 11.1 Å². The van der Waals surface area contributed by atoms with Gasteiger partial charge in [-0.1, -0.05) is 72.8 Å². The quantitative estimate of drug-likeness (QED) is 0.171. The van der Waals surface area contributed by atoms with Crippen LogP contribution in [0.3, 0.4) is 0 Å². The van der Waals surface area contributed by atoms with Gasteiger partial charge in [0.25, 0.3) is 0 Å². The van der Waals surface area contributed by atoms with E-state index in [1.165, 1.54) is 0 Å². The molecule has 0 spiro atoms. The lowest BCUT2D eigenvalue weighted by molar-refractivity contribution is -0.0388. The van der Waals surface area contributed by atoms with Crippen molar-refractivity contribution in [1.82, 2.24) is 0 Å². The minimum Gasteiger partial charge on any atom is -0.497 e. The normalized spacial score (nSPS) is 12.6. The fraction of sp³-hybridized carbons (Fsp3) is 0.167. The summed E-state index contributed by atoms with van der Waals surface area (Å²) < 4.78 is 22.8. The minimum atomic E-state index is -0.950. The lowest BCUT2D eigenvalue weighted by Crippen LogP contribution is -2.23. The van der Waals surface area contributed by atoms with Gasteiger partial charge in [0.1, 0.15) is 11.5 Å². The maximum absolute atomic E-state index is 13.5. The first-order chi connectivity index (χ1) is 20.4. The summed E-state index contributed by atoms with van der Waals surface area (Å²) >= 11 is 0. The molecule has 214 valence electrons. The number of hydrogen-bond acceptors (Lipinski definition) is 6. The van der Waals surface area contributed by atoms with Gasteiger partial charge in [-0.05, 0) is 84.6 Å². The fourth-order valence-corrected chi connectivity index (χ4v) is 4.41. The number of hydrogen-bond donors (Lipinski definition) is 0. The van der Waals surface area contributed by atoms with E-state index in [0.29, 0.717) is 33.8 Å². The van der Waals surface area contributed by atoms with Crippen LogP contribution in [-0.4, -0.2) is 26.2 Å². The summed E-state index contributed by atoms with van der Waals surface area (Å²) in [5, 5.41) is 0. The third-order valence-corrected chi connectivity index (χ3v) is 6.64. The molecule has 0 saturated carbocycles. The first kappa shape index (κ1) is 29.9. The minimum absolute atomic E-state index is 0.343. The molecule has 0 aliphatic heterocycles. The van der Waals surface area contributed by atoms with E-state index in [1.54, 1.807) is 62.8 Å². The predicted molar refractivity (Wildman–Crippen MR) is 165 cm³/mol. The fourth-order valence-electron chi connectivity index (χ4n) is 4.41. The third-order valence-electron chi connectivity index (χ3n) is 6.64. The summed E-state index contributed by atoms with van der Waals surface area (Å²) in [6, 6.07) is 28.6. The van der Waals surface area contributed by atoms with Gasteiger partial charge in [-0.25, -0.2) is 9.59 Å². The van der Waals surface area contributed by atoms with Gasteiger partial charge in [0.05, 0.1) is 25.3 Å². The molecular formula is C36H34O6. The van der Waals surface area contributed by atoms with Crippen molar-refractivity contribution in [2.45, 2.75) is 26.1 Å². The Labute approximate surface area is 246 Å². The average Bonchev–Trinajstić information content (AvgIpc) is 3.04. The molecule has 42 heavy (non-hydrogen) atoms. The summed E-state index contributed by atoms with van der Waals surface area (Å²) in [6.45, 7) is 3.89. The molecule has 0 N–H and O–H groups in total. The number of carbonyl (C=O) groups is 2. The molecule has 0 heterocycles. The molecule has 0 aliphatic carbocycles. The Morgan fingerprint density at radius 3 is 1.14 bits per heavy atom. The van der Waals surface area contributed by atoms with Crippen LogP contribution < -0.4 is 9.47 Å². The molecule has 0 fully saturated rings. The van der Waals surface area contributed by atoms with E-state index >= 15 is 0 Å². The first-order valence-electron chi connectivity index (χ1n) is 13.6. The first-order valence-corrected chi connectivity index (χ1v) is 13.6. The number of esters is 2. The Kier molecular flexibility index (Phi) is 10.3. The molecular weight excluding hydrogens is 528 g/mol. The molecule has 2 unspecified atom stereocenters. The Bertz CT molecular complexity index is 1400. The standard InChI is InChI=1S/C36H34O6/c1-5-7-25-9-13-27(14-10-25)33(41-35(37)29-17-21-31(39-3)22-18-29)34(28-15-11-26(8-6-2)12-16-28)42-36(38)30-19-23-32(40-4)24-20-30/h5-24,33-34H,1-4H3/b7-5+,8-6+. The van der Waals surface area contributed by atoms with Gasteiger partial charge in [-0.3, -0.25) is 0 Å². The van der Waals surface area contributed by atoms with Crippen molar-refractivity contribution in [2.24, 2.45) is 0 Å². The number of allylic oxidation sites excluding steroid dienone is 2. The number of benzene rings is 4. The highest BCUT2D eigenvalue weighted by Crippen LogP contribution is 2.37. The summed E-state index contributed by atoms with van der Waals surface area (Å²) in [4.78, 5) is 26.9. The number of carbonyl (C=O) groups excluding carboxylic acids is 2. The van der Waals surface area contributed by atoms with Crippen LogP contribution in [0.15, 0.2) is 109 Å². The van der Waals surface area contributed by atoms with E-state index < -0.39 is 24.1 Å². The highest BCUT2D eigenvalue weighted by Gasteiger charge is 2.33. The van der Waals surface area contributed by atoms with Crippen LogP contribution in [-0.2, 0) is 9.47 Å². The zero-order valence-electron chi connectivity index (χ0n) is 24.2. The van der Waals surface area contributed by atoms with Crippen molar-refractivity contribution >= 4 is 24.1 Å². The summed E-state index contributed by atoms with van der Waals surface area (Å²) in [6.07, 6.45) is 5.94. The van der Waals surface area contributed by atoms with Crippen molar-refractivity contribution < 1.29 is 28.5 Å². The van der Waals surface area contributed by atoms with Crippen LogP contribution in [0, 0.1) is 0 Å². The maximum Gasteiger partial charge on any atom is 0.338 e. The van der Waals surface area contributed by atoms with Gasteiger partial charge >= 0.3 is 11.9 Å². The van der Waals surface area contributed by atoms with Crippen molar-refractivity contribution in [2.75, 3.05) is 14.2 Å². The Hall–Kier alpha value is -5.10. The average molecular weight is 563 g/mol. The third kappa shape index (κ3) is 7.55. The lowest BCUT2D eigenvalue weighted by atomic mass is 9.95. The van der Waals surface area contributed by atoms with E-state index in [2.05, 4.69) is 0 Å². The van der Waals surface area contributed by atoms with Gasteiger partial charge in [0, 0.05) is 0 Å². The second-order valence-electron chi connectivity index (χ2n) is 9.44. The van der Waals surface area contributed by atoms with E-state index in [9.17, 15) is 9.59 Å². The monoisotopic (exact) mass is 562 g/mol. The van der Waals surface area contributed by atoms with Gasteiger partial charge in [0.2, 0.25) is 0 Å². The van der Waals surface area contributed by atoms with Crippen LogP contribution in [0.2, 0.25) is 0 Å². The van der Waals surface area contributed by atoms with Crippen LogP contribution in [0.4, 0.5) is 0 Å². The molecule has 0 radical (unpaired) electrons. The summed E-state index contributed by atoms with van der Waals surface area (Å²) in [5.74, 6) is 0.123. The number of methoxy groups -OCH3 is 2. The van der Waals surface area contributed by atoms with Gasteiger partial charge in [-0.15, -0.1) is 0 Å². The van der Waals surface area contributed by atoms with Crippen LogP contribution in [0.1, 0.15) is 69.0 Å². The Morgan fingerprint density at radius 2 is 0.857 bits per heavy atom. The largest absolute Gasteiger partial charge is 0.497 e. The van der Waals surface area contributed by atoms with Crippen molar-refractivity contribution in [3.8, 4) is 11.5 Å².